The summed E-state index contributed by atoms with van der Waals surface area (Å²) in [6, 6.07) is 62.0. The molecule has 12 rings (SSSR count). The number of rotatable bonds is 9. The van der Waals surface area contributed by atoms with Crippen molar-refractivity contribution in [2.75, 3.05) is 0 Å². The Labute approximate surface area is 607 Å². The van der Waals surface area contributed by atoms with E-state index >= 15 is 0 Å². The molecule has 6 nitrogen and oxygen atoms in total. The van der Waals surface area contributed by atoms with Gasteiger partial charge in [-0.3, -0.25) is 0 Å². The van der Waals surface area contributed by atoms with Gasteiger partial charge in [-0.05, 0) is 95.8 Å². The number of benzene rings is 12. The van der Waals surface area contributed by atoms with Gasteiger partial charge in [0, 0.05) is 105 Å². The van der Waals surface area contributed by atoms with Crippen molar-refractivity contribution in [3.63, 3.8) is 0 Å². The molecule has 0 unspecified atom stereocenters. The molecule has 0 saturated carbocycles. The molecule has 0 aliphatic carbocycles. The monoisotopic (exact) mass is 1570 g/mol. The van der Waals surface area contributed by atoms with Crippen LogP contribution in [0.1, 0.15) is 0 Å². The Balaban J connectivity index is 0.000000176. The molecular formula is C78H90La2O6Si6. The van der Waals surface area contributed by atoms with Crippen LogP contribution in [0.5, 0.6) is 34.5 Å². The summed E-state index contributed by atoms with van der Waals surface area (Å²) in [6.07, 6.45) is 0. The van der Waals surface area contributed by atoms with Gasteiger partial charge < -0.3 is 30.6 Å². The predicted octanol–water partition coefficient (Wildman–Crippen LogP) is 18.5. The van der Waals surface area contributed by atoms with Crippen molar-refractivity contribution in [2.24, 2.45) is 0 Å². The van der Waals surface area contributed by atoms with Crippen LogP contribution in [0.15, 0.2) is 182 Å². The third-order valence-electron chi connectivity index (χ3n) is 17.7. The first-order chi connectivity index (χ1) is 42.0. The van der Waals surface area contributed by atoms with Crippen LogP contribution in [0.25, 0.3) is 98.0 Å². The molecule has 0 atom stereocenters. The van der Waals surface area contributed by atoms with E-state index in [1.165, 1.54) is 0 Å². The average molecular weight is 1570 g/mol. The molecule has 6 N–H and O–H groups in total. The molecule has 0 heterocycles. The van der Waals surface area contributed by atoms with E-state index in [2.05, 4.69) is 191 Å². The van der Waals surface area contributed by atoms with Gasteiger partial charge in [-0.2, -0.15) is 0 Å². The number of hydrogen-bond acceptors (Lipinski definition) is 6. The third kappa shape index (κ3) is 14.2. The Bertz CT molecular complexity index is 4030. The first-order valence-electron chi connectivity index (χ1n) is 31.5. The zero-order chi connectivity index (χ0) is 65.5. The second-order valence-electron chi connectivity index (χ2n) is 30.7. The summed E-state index contributed by atoms with van der Waals surface area (Å²) < 4.78 is 0. The van der Waals surface area contributed by atoms with E-state index in [-0.39, 0.29) is 71.2 Å². The summed E-state index contributed by atoms with van der Waals surface area (Å²) in [5, 5.41) is 88.2. The van der Waals surface area contributed by atoms with Crippen LogP contribution in [0.3, 0.4) is 0 Å². The van der Waals surface area contributed by atoms with E-state index in [0.717, 1.165) is 129 Å². The van der Waals surface area contributed by atoms with Crippen molar-refractivity contribution in [3.05, 3.63) is 182 Å². The van der Waals surface area contributed by atoms with Crippen molar-refractivity contribution < 1.29 is 102 Å². The van der Waals surface area contributed by atoms with E-state index in [0.29, 0.717) is 34.5 Å². The molecular weight excluding hydrogens is 1480 g/mol. The van der Waals surface area contributed by atoms with Gasteiger partial charge in [-0.15, -0.1) is 0 Å². The second kappa shape index (κ2) is 27.1. The molecule has 0 bridgehead atoms. The largest absolute Gasteiger partial charge is 0.507 e. The van der Waals surface area contributed by atoms with Crippen molar-refractivity contribution in [3.8, 4) is 67.9 Å². The van der Waals surface area contributed by atoms with Gasteiger partial charge in [0.1, 0.15) is 34.5 Å². The molecule has 0 aliphatic heterocycles. The molecule has 12 aromatic rings. The number of aromatic hydroxyl groups is 6. The maximum absolute atomic E-state index is 11.6. The maximum Gasteiger partial charge on any atom is 0.123 e. The van der Waals surface area contributed by atoms with Crippen molar-refractivity contribution in [1.82, 2.24) is 0 Å². The van der Waals surface area contributed by atoms with E-state index in [1.807, 2.05) is 109 Å². The van der Waals surface area contributed by atoms with Crippen LogP contribution in [0.4, 0.5) is 0 Å². The number of phenols is 6. The van der Waals surface area contributed by atoms with Crippen molar-refractivity contribution in [2.45, 2.75) is 118 Å². The first kappa shape index (κ1) is 72.5. The molecule has 2 radical (unpaired) electrons. The van der Waals surface area contributed by atoms with Crippen LogP contribution < -0.4 is 31.1 Å². The van der Waals surface area contributed by atoms with Gasteiger partial charge in [0.25, 0.3) is 0 Å². The zero-order valence-corrected chi connectivity index (χ0v) is 70.4. The Morgan fingerprint density at radius 1 is 0.185 bits per heavy atom. The SMILES string of the molecule is C[Si](C)(C)c1cc2ccccc2c(-c2c(O)c([Si](C)(C)C)cc3ccccc23)c1O.C[Si](C)(C)c1cc2ccccc2c(-c2c(O)c([Si](C)(C)C)cc3ccccc23)c1O.C[Si](C)(C)c1cc2ccccc2c(-c2c(O)c([Si](C)(C)C)cc3ccccc23)c1O.[La].[La]. The molecule has 0 spiro atoms. The van der Waals surface area contributed by atoms with Crippen molar-refractivity contribution in [1.29, 1.82) is 0 Å². The van der Waals surface area contributed by atoms with Gasteiger partial charge in [-0.1, -0.05) is 300 Å². The Morgan fingerprint density at radius 3 is 0.402 bits per heavy atom. The summed E-state index contributed by atoms with van der Waals surface area (Å²) in [4.78, 5) is 0. The summed E-state index contributed by atoms with van der Waals surface area (Å²) in [7, 11) is -10.9. The van der Waals surface area contributed by atoms with Gasteiger partial charge in [-0.25, -0.2) is 0 Å². The van der Waals surface area contributed by atoms with Crippen LogP contribution in [0.2, 0.25) is 118 Å². The topological polar surface area (TPSA) is 121 Å². The molecule has 0 fully saturated rings. The van der Waals surface area contributed by atoms with Gasteiger partial charge in [0.15, 0.2) is 0 Å². The van der Waals surface area contributed by atoms with E-state index in [4.69, 9.17) is 0 Å². The fraction of sp³-hybridized carbons (Fsp3) is 0.231. The fourth-order valence-electron chi connectivity index (χ4n) is 13.0. The van der Waals surface area contributed by atoms with Gasteiger partial charge in [0.05, 0.1) is 48.4 Å². The standard InChI is InChI=1S/3C26H30O2Si2.2La/c3*1-29(2,3)21-15-17-11-7-9-13-19(17)23(25(21)27)24-20-14-10-8-12-18(20)16-22(26(24)28)30(4,5)6;;/h3*7-16,27-28H,1-6H3;;. The number of hydrogen-bond donors (Lipinski definition) is 6. The minimum atomic E-state index is -1.82. The summed E-state index contributed by atoms with van der Waals surface area (Å²) in [5.74, 6) is 1.92. The average Bonchev–Trinajstić information content (AvgIpc) is 0.751. The van der Waals surface area contributed by atoms with E-state index in [9.17, 15) is 30.6 Å². The normalized spacial score (nSPS) is 12.3. The van der Waals surface area contributed by atoms with Gasteiger partial charge >= 0.3 is 0 Å². The maximum atomic E-state index is 11.6. The summed E-state index contributed by atoms with van der Waals surface area (Å²) >= 11 is 0. The molecule has 0 amide bonds. The molecule has 0 saturated heterocycles. The Hall–Kier alpha value is -5.31. The van der Waals surface area contributed by atoms with E-state index < -0.39 is 48.4 Å². The third-order valence-corrected chi connectivity index (χ3v) is 29.7. The molecule has 0 aromatic heterocycles. The molecule has 0 aliphatic rings. The quantitative estimate of drug-likeness (QED) is 0.0801. The van der Waals surface area contributed by atoms with Crippen LogP contribution in [0, 0.1) is 71.2 Å². The molecule has 92 heavy (non-hydrogen) atoms. The molecule has 468 valence electrons. The Kier molecular flexibility index (Phi) is 21.3. The van der Waals surface area contributed by atoms with E-state index in [1.54, 1.807) is 0 Å². The van der Waals surface area contributed by atoms with Crippen LogP contribution in [-0.4, -0.2) is 79.1 Å². The van der Waals surface area contributed by atoms with Crippen LogP contribution in [-0.2, 0) is 0 Å². The minimum absolute atomic E-state index is 0. The summed E-state index contributed by atoms with van der Waals surface area (Å²) in [6.45, 7) is 40.4. The molecule has 12 aromatic carbocycles. The summed E-state index contributed by atoms with van der Waals surface area (Å²) in [5.41, 5.74) is 4.58. The fourth-order valence-corrected chi connectivity index (χ4v) is 21.5. The number of phenolic OH excluding ortho intramolecular Hbond substituents is 6. The smallest absolute Gasteiger partial charge is 0.123 e. The van der Waals surface area contributed by atoms with Crippen molar-refractivity contribution >= 4 is 144 Å². The Morgan fingerprint density at radius 2 is 0.293 bits per heavy atom. The predicted molar refractivity (Wildman–Crippen MR) is 409 cm³/mol. The molecule has 14 heteroatoms. The zero-order valence-electron chi connectivity index (χ0n) is 57.2. The second-order valence-corrected chi connectivity index (χ2v) is 60.9. The number of fused-ring (bicyclic) bond motifs is 6. The minimum Gasteiger partial charge on any atom is -0.507 e. The van der Waals surface area contributed by atoms with Crippen LogP contribution >= 0.6 is 0 Å². The van der Waals surface area contributed by atoms with Gasteiger partial charge in [0.2, 0.25) is 0 Å². The first-order valence-corrected chi connectivity index (χ1v) is 52.5.